The number of fused-ring (bicyclic) bond motifs is 3. The maximum absolute atomic E-state index is 15.2. The highest BCUT2D eigenvalue weighted by molar-refractivity contribution is 6.03. The molecular formula is C24H26FN7O2. The van der Waals surface area contributed by atoms with Crippen molar-refractivity contribution < 1.29 is 18.1 Å². The molecule has 1 aliphatic heterocycles. The summed E-state index contributed by atoms with van der Waals surface area (Å²) < 4.78 is 37.7. The van der Waals surface area contributed by atoms with Crippen LogP contribution in [0.25, 0.3) is 11.3 Å². The molecule has 2 N–H and O–H groups in total. The predicted octanol–water partition coefficient (Wildman–Crippen LogP) is 4.21. The molecule has 3 heterocycles. The first-order valence-electron chi connectivity index (χ1n) is 12.5. The van der Waals surface area contributed by atoms with Crippen molar-refractivity contribution >= 4 is 34.6 Å². The quantitative estimate of drug-likeness (QED) is 0.524. The number of hydrogen-bond donors (Lipinski definition) is 2. The van der Waals surface area contributed by atoms with Crippen LogP contribution in [0.3, 0.4) is 0 Å². The highest BCUT2D eigenvalue weighted by atomic mass is 19.1. The largest absolute Gasteiger partial charge is 0.364 e. The zero-order valence-corrected chi connectivity index (χ0v) is 19.0. The molecule has 1 saturated carbocycles. The van der Waals surface area contributed by atoms with Gasteiger partial charge in [0, 0.05) is 42.8 Å². The zero-order chi connectivity index (χ0) is 26.6. The first-order valence-corrected chi connectivity index (χ1v) is 11.0. The SMILES string of the molecule is [2H]C([2H])([2H])CC(=O)c1cnc(NC(=O)C2CC2)cc1Nc1ccc(F)c2c1N(C)[C@H](C)c1nn(C)nc1-2. The average molecular weight is 467 g/mol. The van der Waals surface area contributed by atoms with Crippen LogP contribution >= 0.6 is 0 Å². The van der Waals surface area contributed by atoms with Crippen LogP contribution in [0.2, 0.25) is 0 Å². The number of carbonyl (C=O) groups excluding carboxylic acids is 2. The van der Waals surface area contributed by atoms with Crippen molar-refractivity contribution in [1.82, 2.24) is 20.0 Å². The Labute approximate surface area is 200 Å². The van der Waals surface area contributed by atoms with E-state index < -0.39 is 24.9 Å². The van der Waals surface area contributed by atoms with Crippen LogP contribution in [0.15, 0.2) is 24.4 Å². The summed E-state index contributed by atoms with van der Waals surface area (Å²) in [4.78, 5) is 32.7. The van der Waals surface area contributed by atoms with Crippen LogP contribution in [-0.4, -0.2) is 38.7 Å². The van der Waals surface area contributed by atoms with E-state index in [0.717, 1.165) is 12.8 Å². The normalized spacial score (nSPS) is 18.3. The molecule has 1 fully saturated rings. The number of pyridine rings is 1. The second-order valence-corrected chi connectivity index (χ2v) is 8.63. The van der Waals surface area contributed by atoms with Gasteiger partial charge in [-0.3, -0.25) is 9.59 Å². The number of anilines is 4. The summed E-state index contributed by atoms with van der Waals surface area (Å²) in [6, 6.07) is 4.10. The molecule has 2 aliphatic rings. The second-order valence-electron chi connectivity index (χ2n) is 8.63. The minimum Gasteiger partial charge on any atom is -0.364 e. The second kappa shape index (κ2) is 8.19. The minimum atomic E-state index is -2.47. The van der Waals surface area contributed by atoms with Crippen molar-refractivity contribution in [1.29, 1.82) is 0 Å². The Morgan fingerprint density at radius 2 is 2.03 bits per heavy atom. The molecule has 10 heteroatoms. The topological polar surface area (TPSA) is 105 Å². The Bertz CT molecular complexity index is 1420. The van der Waals surface area contributed by atoms with Crippen molar-refractivity contribution in [2.75, 3.05) is 22.6 Å². The molecule has 5 rings (SSSR count). The number of nitrogens with one attached hydrogen (secondary N) is 2. The molecule has 0 unspecified atom stereocenters. The molecule has 1 aliphatic carbocycles. The Morgan fingerprint density at radius 1 is 1.24 bits per heavy atom. The molecule has 3 aromatic rings. The number of hydrogen-bond acceptors (Lipinski definition) is 7. The van der Waals surface area contributed by atoms with Gasteiger partial charge in [-0.15, -0.1) is 0 Å². The lowest BCUT2D eigenvalue weighted by Crippen LogP contribution is -2.27. The van der Waals surface area contributed by atoms with Gasteiger partial charge in [0.05, 0.1) is 34.2 Å². The van der Waals surface area contributed by atoms with E-state index in [4.69, 9.17) is 4.11 Å². The predicted molar refractivity (Wildman–Crippen MR) is 127 cm³/mol. The first-order chi connectivity index (χ1) is 17.4. The third-order valence-corrected chi connectivity index (χ3v) is 6.27. The third-order valence-electron chi connectivity index (χ3n) is 6.27. The third kappa shape index (κ3) is 3.68. The van der Waals surface area contributed by atoms with Gasteiger partial charge in [0.15, 0.2) is 5.78 Å². The van der Waals surface area contributed by atoms with E-state index in [1.807, 2.05) is 11.8 Å². The van der Waals surface area contributed by atoms with Gasteiger partial charge in [-0.25, -0.2) is 9.37 Å². The molecule has 0 radical (unpaired) electrons. The van der Waals surface area contributed by atoms with Crippen molar-refractivity contribution in [2.24, 2.45) is 13.0 Å². The van der Waals surface area contributed by atoms with Gasteiger partial charge < -0.3 is 15.5 Å². The van der Waals surface area contributed by atoms with Gasteiger partial charge in [-0.05, 0) is 31.9 Å². The summed E-state index contributed by atoms with van der Waals surface area (Å²) in [5, 5.41) is 14.7. The van der Waals surface area contributed by atoms with Gasteiger partial charge >= 0.3 is 0 Å². The summed E-state index contributed by atoms with van der Waals surface area (Å²) >= 11 is 0. The lowest BCUT2D eigenvalue weighted by atomic mass is 9.96. The van der Waals surface area contributed by atoms with E-state index >= 15 is 4.39 Å². The van der Waals surface area contributed by atoms with Gasteiger partial charge in [0.25, 0.3) is 0 Å². The van der Waals surface area contributed by atoms with Gasteiger partial charge in [-0.1, -0.05) is 6.85 Å². The van der Waals surface area contributed by atoms with Crippen LogP contribution in [0.4, 0.5) is 27.3 Å². The summed E-state index contributed by atoms with van der Waals surface area (Å²) in [5.74, 6) is -1.12. The fraction of sp³-hybridized carbons (Fsp3) is 0.375. The fourth-order valence-electron chi connectivity index (χ4n) is 4.18. The molecule has 0 saturated heterocycles. The minimum absolute atomic E-state index is 0.0466. The number of ketones is 1. The number of aryl methyl sites for hydroxylation is 1. The van der Waals surface area contributed by atoms with Crippen molar-refractivity contribution in [2.45, 2.75) is 39.1 Å². The van der Waals surface area contributed by atoms with E-state index in [0.29, 0.717) is 22.8 Å². The lowest BCUT2D eigenvalue weighted by Gasteiger charge is -2.34. The van der Waals surface area contributed by atoms with Crippen molar-refractivity contribution in [3.8, 4) is 11.3 Å². The smallest absolute Gasteiger partial charge is 0.228 e. The van der Waals surface area contributed by atoms with Crippen LogP contribution < -0.4 is 15.5 Å². The van der Waals surface area contributed by atoms with E-state index in [1.54, 1.807) is 20.2 Å². The summed E-state index contributed by atoms with van der Waals surface area (Å²) in [5.41, 5.74) is 2.60. The Hall–Kier alpha value is -3.82. The molecular weight excluding hydrogens is 437 g/mol. The maximum Gasteiger partial charge on any atom is 0.228 e. The number of halogens is 1. The van der Waals surface area contributed by atoms with Crippen LogP contribution in [0, 0.1) is 11.7 Å². The molecule has 0 spiro atoms. The number of carbonyl (C=O) groups is 2. The summed E-state index contributed by atoms with van der Waals surface area (Å²) in [6.07, 6.45) is 2.19. The van der Waals surface area contributed by atoms with E-state index in [1.165, 1.54) is 23.1 Å². The molecule has 34 heavy (non-hydrogen) atoms. The highest BCUT2D eigenvalue weighted by Crippen LogP contribution is 2.48. The van der Waals surface area contributed by atoms with E-state index in [2.05, 4.69) is 25.8 Å². The molecule has 0 bridgehead atoms. The van der Waals surface area contributed by atoms with Crippen molar-refractivity contribution in [3.63, 3.8) is 0 Å². The number of Topliss-reactive ketones (excluding diaryl/α,β-unsaturated/α-hetero) is 1. The van der Waals surface area contributed by atoms with Crippen LogP contribution in [-0.2, 0) is 11.8 Å². The number of nitrogens with zero attached hydrogens (tertiary/aromatic N) is 5. The molecule has 176 valence electrons. The molecule has 2 aromatic heterocycles. The monoisotopic (exact) mass is 466 g/mol. The number of rotatable bonds is 6. The molecule has 1 atom stereocenters. The van der Waals surface area contributed by atoms with Crippen LogP contribution in [0.5, 0.6) is 0 Å². The van der Waals surface area contributed by atoms with Gasteiger partial charge in [-0.2, -0.15) is 15.0 Å². The fourth-order valence-corrected chi connectivity index (χ4v) is 4.18. The Morgan fingerprint density at radius 3 is 2.76 bits per heavy atom. The van der Waals surface area contributed by atoms with E-state index in [-0.39, 0.29) is 40.5 Å². The average Bonchev–Trinajstić information content (AvgIpc) is 3.59. The highest BCUT2D eigenvalue weighted by Gasteiger charge is 2.34. The number of aromatic nitrogens is 4. The number of amides is 1. The van der Waals surface area contributed by atoms with E-state index in [9.17, 15) is 9.59 Å². The number of benzene rings is 1. The van der Waals surface area contributed by atoms with Crippen LogP contribution in [0.1, 0.15) is 59.2 Å². The maximum atomic E-state index is 15.2. The Kier molecular flexibility index (Phi) is 4.48. The first kappa shape index (κ1) is 18.6. The van der Waals surface area contributed by atoms with Gasteiger partial charge in [0.1, 0.15) is 23.0 Å². The molecule has 1 amide bonds. The van der Waals surface area contributed by atoms with Crippen molar-refractivity contribution in [3.05, 3.63) is 41.5 Å². The molecule has 9 nitrogen and oxygen atoms in total. The molecule has 1 aromatic carbocycles. The van der Waals surface area contributed by atoms with Gasteiger partial charge in [0.2, 0.25) is 5.91 Å². The summed E-state index contributed by atoms with van der Waals surface area (Å²) in [7, 11) is 3.47. The zero-order valence-electron chi connectivity index (χ0n) is 22.0. The standard InChI is InChI=1S/C24H26FN7O2/c1-5-18(33)14-11-26-19(28-24(34)13-6-7-13)10-17(14)27-16-9-8-15(25)20-22-21(29-32(4)30-22)12(2)31(3)23(16)20/h8-13H,5-7H2,1-4H3,(H2,26,27,28,34)/t12-/m1/s1/i1D3. The summed E-state index contributed by atoms with van der Waals surface area (Å²) in [6.45, 7) is -0.547. The lowest BCUT2D eigenvalue weighted by molar-refractivity contribution is -0.117. The Balaban J connectivity index is 1.59.